The van der Waals surface area contributed by atoms with E-state index in [2.05, 4.69) is 15.6 Å². The Labute approximate surface area is 178 Å². The average molecular weight is 419 g/mol. The van der Waals surface area contributed by atoms with Crippen LogP contribution in [-0.4, -0.2) is 33.9 Å². The summed E-state index contributed by atoms with van der Waals surface area (Å²) in [6.45, 7) is 0.298. The van der Waals surface area contributed by atoms with Crippen LogP contribution in [0.25, 0.3) is 0 Å². The lowest BCUT2D eigenvalue weighted by Crippen LogP contribution is -2.20. The number of aromatic nitrogens is 2. The van der Waals surface area contributed by atoms with E-state index in [-0.39, 0.29) is 23.4 Å². The summed E-state index contributed by atoms with van der Waals surface area (Å²) in [7, 11) is 1.55. The second kappa shape index (κ2) is 8.78. The molecule has 1 amide bonds. The highest BCUT2D eigenvalue weighted by Crippen LogP contribution is 2.47. The van der Waals surface area contributed by atoms with Crippen LogP contribution in [-0.2, 0) is 11.3 Å². The van der Waals surface area contributed by atoms with Crippen LogP contribution in [0, 0.1) is 16.0 Å². The maximum absolute atomic E-state index is 12.3. The van der Waals surface area contributed by atoms with Crippen LogP contribution in [0.4, 0.5) is 5.69 Å². The molecule has 0 aliphatic heterocycles. The molecule has 0 radical (unpaired) electrons. The molecule has 1 aliphatic carbocycles. The van der Waals surface area contributed by atoms with Gasteiger partial charge in [0.2, 0.25) is 5.91 Å². The van der Waals surface area contributed by atoms with Crippen molar-refractivity contribution in [1.29, 1.82) is 0 Å². The third kappa shape index (κ3) is 4.77. The third-order valence-corrected chi connectivity index (χ3v) is 5.21. The van der Waals surface area contributed by atoms with Gasteiger partial charge in [-0.3, -0.25) is 19.6 Å². The van der Waals surface area contributed by atoms with Crippen molar-refractivity contribution in [1.82, 2.24) is 15.2 Å². The number of hydrogen-bond acceptors (Lipinski definition) is 6. The first-order valence-corrected chi connectivity index (χ1v) is 9.77. The third-order valence-electron chi connectivity index (χ3n) is 5.21. The molecule has 3 aromatic rings. The Hall–Kier alpha value is -4.01. The van der Waals surface area contributed by atoms with Crippen molar-refractivity contribution in [2.24, 2.45) is 11.0 Å². The van der Waals surface area contributed by atoms with Crippen LogP contribution in [0.2, 0.25) is 0 Å². The van der Waals surface area contributed by atoms with Crippen LogP contribution in [0.1, 0.15) is 29.0 Å². The molecular weight excluding hydrogens is 398 g/mol. The lowest BCUT2D eigenvalue weighted by molar-refractivity contribution is -0.385. The van der Waals surface area contributed by atoms with E-state index < -0.39 is 4.92 Å². The van der Waals surface area contributed by atoms with E-state index in [0.29, 0.717) is 12.3 Å². The van der Waals surface area contributed by atoms with Gasteiger partial charge >= 0.3 is 5.69 Å². The number of ether oxygens (including phenoxy) is 1. The van der Waals surface area contributed by atoms with Crippen molar-refractivity contribution in [3.05, 3.63) is 87.7 Å². The molecule has 0 unspecified atom stereocenters. The number of carbonyl (C=O) groups is 1. The largest absolute Gasteiger partial charge is 0.496 e. The Bertz CT molecular complexity index is 1130. The second-order valence-corrected chi connectivity index (χ2v) is 7.32. The van der Waals surface area contributed by atoms with Crippen LogP contribution in [0.5, 0.6) is 5.75 Å². The highest BCUT2D eigenvalue weighted by atomic mass is 16.6. The van der Waals surface area contributed by atoms with Crippen molar-refractivity contribution in [3.63, 3.8) is 0 Å². The number of hydrogen-bond donors (Lipinski definition) is 1. The van der Waals surface area contributed by atoms with Crippen molar-refractivity contribution in [2.45, 2.75) is 18.9 Å². The molecule has 1 N–H and O–H groups in total. The molecule has 31 heavy (non-hydrogen) atoms. The van der Waals surface area contributed by atoms with Crippen molar-refractivity contribution >= 4 is 17.8 Å². The quantitative estimate of drug-likeness (QED) is 0.343. The van der Waals surface area contributed by atoms with Gasteiger partial charge in [0, 0.05) is 11.5 Å². The molecule has 9 nitrogen and oxygen atoms in total. The standard InChI is InChI=1S/C22H21N5O4/c1-31-21-8-7-15(9-17(21)13-26-14-18(12-24-26)27(29)30)11-23-25-22(28)20-10-19(20)16-5-3-2-4-6-16/h2-9,11-12,14,19-20H,10,13H2,1H3,(H,25,28)/t19-,20-/m1/s1. The Balaban J connectivity index is 1.39. The smallest absolute Gasteiger partial charge is 0.307 e. The predicted octanol–water partition coefficient (Wildman–Crippen LogP) is 3.10. The molecule has 1 saturated carbocycles. The highest BCUT2D eigenvalue weighted by molar-refractivity contribution is 5.85. The van der Waals surface area contributed by atoms with E-state index in [4.69, 9.17) is 4.74 Å². The number of nitrogens with zero attached hydrogens (tertiary/aromatic N) is 4. The minimum Gasteiger partial charge on any atom is -0.496 e. The van der Waals surface area contributed by atoms with Gasteiger partial charge in [-0.1, -0.05) is 30.3 Å². The van der Waals surface area contributed by atoms with Gasteiger partial charge in [-0.25, -0.2) is 5.43 Å². The molecule has 0 spiro atoms. The fourth-order valence-corrected chi connectivity index (χ4v) is 3.52. The normalized spacial score (nSPS) is 17.5. The molecule has 1 heterocycles. The molecule has 158 valence electrons. The summed E-state index contributed by atoms with van der Waals surface area (Å²) in [6.07, 6.45) is 4.95. The maximum Gasteiger partial charge on any atom is 0.307 e. The number of rotatable bonds is 8. The molecule has 1 aromatic heterocycles. The lowest BCUT2D eigenvalue weighted by atomic mass is 10.1. The van der Waals surface area contributed by atoms with E-state index in [9.17, 15) is 14.9 Å². The summed E-state index contributed by atoms with van der Waals surface area (Å²) in [6, 6.07) is 15.4. The summed E-state index contributed by atoms with van der Waals surface area (Å²) in [4.78, 5) is 22.7. The van der Waals surface area contributed by atoms with Gasteiger partial charge in [0.25, 0.3) is 0 Å². The average Bonchev–Trinajstić information content (AvgIpc) is 3.45. The minimum atomic E-state index is -0.491. The molecule has 4 rings (SSSR count). The van der Waals surface area contributed by atoms with Crippen molar-refractivity contribution in [2.75, 3.05) is 7.11 Å². The van der Waals surface area contributed by atoms with Crippen LogP contribution < -0.4 is 10.2 Å². The first-order valence-electron chi connectivity index (χ1n) is 9.77. The molecule has 1 aliphatic rings. The lowest BCUT2D eigenvalue weighted by Gasteiger charge is -2.09. The highest BCUT2D eigenvalue weighted by Gasteiger charge is 2.43. The molecule has 2 aromatic carbocycles. The van der Waals surface area contributed by atoms with Gasteiger partial charge in [-0.2, -0.15) is 10.2 Å². The SMILES string of the molecule is COc1ccc(C=NNC(=O)[C@@H]2C[C@@H]2c2ccccc2)cc1Cn1cc([N+](=O)[O-])cn1. The zero-order valence-corrected chi connectivity index (χ0v) is 16.8. The number of carbonyl (C=O) groups excluding carboxylic acids is 1. The summed E-state index contributed by atoms with van der Waals surface area (Å²) >= 11 is 0. The second-order valence-electron chi connectivity index (χ2n) is 7.32. The Kier molecular flexibility index (Phi) is 5.74. The van der Waals surface area contributed by atoms with E-state index >= 15 is 0 Å². The number of methoxy groups -OCH3 is 1. The number of benzene rings is 2. The Morgan fingerprint density at radius 3 is 2.87 bits per heavy atom. The molecule has 1 fully saturated rings. The van der Waals surface area contributed by atoms with Crippen molar-refractivity contribution < 1.29 is 14.5 Å². The molecule has 2 atom stereocenters. The van der Waals surface area contributed by atoms with Gasteiger partial charge in [0.15, 0.2) is 0 Å². The maximum atomic E-state index is 12.3. The summed E-state index contributed by atoms with van der Waals surface area (Å²) in [5.74, 6) is 0.731. The summed E-state index contributed by atoms with van der Waals surface area (Å²) in [5, 5.41) is 18.9. The number of nitrogens with one attached hydrogen (secondary N) is 1. The monoisotopic (exact) mass is 419 g/mol. The van der Waals surface area contributed by atoms with Crippen LogP contribution in [0.3, 0.4) is 0 Å². The number of hydrazone groups is 1. The Morgan fingerprint density at radius 2 is 2.16 bits per heavy atom. The number of nitro groups is 1. The van der Waals surface area contributed by atoms with E-state index in [1.54, 1.807) is 19.4 Å². The van der Waals surface area contributed by atoms with E-state index in [1.807, 2.05) is 42.5 Å². The van der Waals surface area contributed by atoms with Gasteiger partial charge < -0.3 is 4.74 Å². The summed E-state index contributed by atoms with van der Waals surface area (Å²) in [5.41, 5.74) is 5.25. The van der Waals surface area contributed by atoms with Gasteiger partial charge in [0.1, 0.15) is 18.1 Å². The molecule has 0 saturated heterocycles. The van der Waals surface area contributed by atoms with Crippen LogP contribution in [0.15, 0.2) is 66.0 Å². The van der Waals surface area contributed by atoms with Gasteiger partial charge in [-0.15, -0.1) is 0 Å². The first-order chi connectivity index (χ1) is 15.0. The molecular formula is C22H21N5O4. The topological polar surface area (TPSA) is 112 Å². The first kappa shape index (κ1) is 20.3. The zero-order chi connectivity index (χ0) is 21.8. The van der Waals surface area contributed by atoms with E-state index in [1.165, 1.54) is 22.6 Å². The molecule has 9 heteroatoms. The minimum absolute atomic E-state index is 0.0541. The fraction of sp³-hybridized carbons (Fsp3) is 0.227. The van der Waals surface area contributed by atoms with Gasteiger partial charge in [0.05, 0.1) is 24.8 Å². The van der Waals surface area contributed by atoms with Crippen molar-refractivity contribution in [3.8, 4) is 5.75 Å². The molecule has 0 bridgehead atoms. The number of amides is 1. The zero-order valence-electron chi connectivity index (χ0n) is 16.8. The fourth-order valence-electron chi connectivity index (χ4n) is 3.52. The Morgan fingerprint density at radius 1 is 1.35 bits per heavy atom. The predicted molar refractivity (Wildman–Crippen MR) is 114 cm³/mol. The summed E-state index contributed by atoms with van der Waals surface area (Å²) < 4.78 is 6.84. The van der Waals surface area contributed by atoms with E-state index in [0.717, 1.165) is 17.5 Å². The van der Waals surface area contributed by atoms with Gasteiger partial charge in [-0.05, 0) is 41.7 Å². The van der Waals surface area contributed by atoms with Crippen LogP contribution >= 0.6 is 0 Å².